The highest BCUT2D eigenvalue weighted by atomic mass is 16.5. The highest BCUT2D eigenvalue weighted by Crippen LogP contribution is 2.30. The minimum atomic E-state index is -0.0167. The van der Waals surface area contributed by atoms with Crippen LogP contribution in [0.15, 0.2) is 35.1 Å². The summed E-state index contributed by atoms with van der Waals surface area (Å²) in [6.07, 6.45) is 0.936. The summed E-state index contributed by atoms with van der Waals surface area (Å²) in [6.45, 7) is 7.81. The number of imidazole rings is 1. The first-order valence-electron chi connectivity index (χ1n) is 8.66. The third-order valence-corrected chi connectivity index (χ3v) is 4.60. The molecule has 25 heavy (non-hydrogen) atoms. The molecule has 3 aromatic rings. The molecular weight excluding hydrogens is 314 g/mol. The van der Waals surface area contributed by atoms with Gasteiger partial charge in [0, 0.05) is 25.6 Å². The number of hydrogen-bond acceptors (Lipinski definition) is 3. The molecule has 3 heterocycles. The Morgan fingerprint density at radius 3 is 2.76 bits per heavy atom. The summed E-state index contributed by atoms with van der Waals surface area (Å²) in [7, 11) is 1.79. The molecule has 1 aliphatic rings. The van der Waals surface area contributed by atoms with Crippen molar-refractivity contribution in [2.45, 2.75) is 33.7 Å². The third kappa shape index (κ3) is 2.73. The predicted molar refractivity (Wildman–Crippen MR) is 99.1 cm³/mol. The van der Waals surface area contributed by atoms with Crippen LogP contribution in [0.4, 0.5) is 0 Å². The van der Waals surface area contributed by atoms with E-state index in [9.17, 15) is 4.79 Å². The number of hydrogen-bond donors (Lipinski definition) is 0. The maximum atomic E-state index is 12.6. The van der Waals surface area contributed by atoms with Crippen LogP contribution in [0.3, 0.4) is 0 Å². The number of fused-ring (bicyclic) bond motifs is 2. The van der Waals surface area contributed by atoms with Crippen LogP contribution in [-0.4, -0.2) is 20.7 Å². The second-order valence-corrected chi connectivity index (χ2v) is 7.95. The van der Waals surface area contributed by atoms with Crippen molar-refractivity contribution in [3.63, 3.8) is 0 Å². The normalized spacial score (nSPS) is 13.9. The smallest absolute Gasteiger partial charge is 0.330 e. The van der Waals surface area contributed by atoms with Gasteiger partial charge in [0.1, 0.15) is 5.75 Å². The number of aromatic nitrogens is 3. The van der Waals surface area contributed by atoms with Gasteiger partial charge >= 0.3 is 5.69 Å². The summed E-state index contributed by atoms with van der Waals surface area (Å²) < 4.78 is 9.04. The zero-order valence-electron chi connectivity index (χ0n) is 15.2. The van der Waals surface area contributed by atoms with E-state index in [0.29, 0.717) is 6.54 Å². The van der Waals surface area contributed by atoms with E-state index in [4.69, 9.17) is 9.72 Å². The van der Waals surface area contributed by atoms with E-state index in [1.807, 2.05) is 28.8 Å². The first-order valence-corrected chi connectivity index (χ1v) is 8.66. The summed E-state index contributed by atoms with van der Waals surface area (Å²) >= 11 is 0. The third-order valence-electron chi connectivity index (χ3n) is 4.60. The Morgan fingerprint density at radius 1 is 1.20 bits per heavy atom. The predicted octanol–water partition coefficient (Wildman–Crippen LogP) is 3.38. The van der Waals surface area contributed by atoms with Crippen LogP contribution < -0.4 is 10.4 Å². The molecule has 0 unspecified atom stereocenters. The van der Waals surface area contributed by atoms with E-state index >= 15 is 0 Å². The quantitative estimate of drug-likeness (QED) is 0.720. The Bertz CT molecular complexity index is 1020. The van der Waals surface area contributed by atoms with Gasteiger partial charge in [-0.25, -0.2) is 9.78 Å². The first-order chi connectivity index (χ1) is 11.8. The molecule has 0 saturated heterocycles. The van der Waals surface area contributed by atoms with Crippen LogP contribution in [-0.2, 0) is 20.0 Å². The molecule has 0 radical (unpaired) electrons. The Morgan fingerprint density at radius 2 is 2.00 bits per heavy atom. The first kappa shape index (κ1) is 15.9. The fraction of sp³-hybridized carbons (Fsp3) is 0.400. The molecule has 0 atom stereocenters. The fourth-order valence-electron chi connectivity index (χ4n) is 3.41. The van der Waals surface area contributed by atoms with Crippen molar-refractivity contribution in [1.82, 2.24) is 14.1 Å². The average molecular weight is 337 g/mol. The minimum Gasteiger partial charge on any atom is -0.493 e. The number of benzene rings is 1. The van der Waals surface area contributed by atoms with E-state index in [0.717, 1.165) is 41.2 Å². The van der Waals surface area contributed by atoms with Crippen LogP contribution in [0.5, 0.6) is 5.75 Å². The van der Waals surface area contributed by atoms with Gasteiger partial charge in [-0.2, -0.15) is 0 Å². The lowest BCUT2D eigenvalue weighted by molar-refractivity contribution is 0.342. The Kier molecular flexibility index (Phi) is 3.49. The Hall–Kier alpha value is -2.56. The molecule has 0 fully saturated rings. The standard InChI is InChI=1S/C20H23N3O2/c1-20(2,3)12-23-16-7-6-15(21-18(16)22(4)19(23)24)13-5-8-17-14(11-13)9-10-25-17/h5-8,11H,9-10,12H2,1-4H3. The van der Waals surface area contributed by atoms with Crippen LogP contribution in [0, 0.1) is 5.41 Å². The molecule has 0 saturated carbocycles. The zero-order chi connectivity index (χ0) is 17.8. The van der Waals surface area contributed by atoms with Gasteiger partial charge in [-0.15, -0.1) is 0 Å². The van der Waals surface area contributed by atoms with Gasteiger partial charge < -0.3 is 4.74 Å². The van der Waals surface area contributed by atoms with Crippen molar-refractivity contribution in [3.8, 4) is 17.0 Å². The topological polar surface area (TPSA) is 49.0 Å². The summed E-state index contributed by atoms with van der Waals surface area (Å²) in [4.78, 5) is 17.4. The van der Waals surface area contributed by atoms with Gasteiger partial charge in [-0.05, 0) is 41.3 Å². The number of aryl methyl sites for hydroxylation is 1. The van der Waals surface area contributed by atoms with Gasteiger partial charge in [0.25, 0.3) is 0 Å². The van der Waals surface area contributed by atoms with E-state index in [2.05, 4.69) is 26.8 Å². The maximum absolute atomic E-state index is 12.6. The molecule has 0 amide bonds. The van der Waals surface area contributed by atoms with E-state index in [-0.39, 0.29) is 11.1 Å². The lowest BCUT2D eigenvalue weighted by Gasteiger charge is -2.18. The van der Waals surface area contributed by atoms with E-state index in [1.165, 1.54) is 5.56 Å². The molecule has 4 rings (SSSR count). The monoisotopic (exact) mass is 337 g/mol. The van der Waals surface area contributed by atoms with E-state index in [1.54, 1.807) is 11.6 Å². The largest absolute Gasteiger partial charge is 0.493 e. The second-order valence-electron chi connectivity index (χ2n) is 7.95. The second kappa shape index (κ2) is 5.48. The molecule has 2 aromatic heterocycles. The Labute approximate surface area is 146 Å². The molecule has 1 aromatic carbocycles. The number of rotatable bonds is 2. The summed E-state index contributed by atoms with van der Waals surface area (Å²) in [5, 5.41) is 0. The summed E-state index contributed by atoms with van der Waals surface area (Å²) in [5.74, 6) is 0.966. The van der Waals surface area contributed by atoms with Crippen molar-refractivity contribution < 1.29 is 4.74 Å². The SMILES string of the molecule is Cn1c(=O)n(CC(C)(C)C)c2ccc(-c3ccc4c(c3)CCO4)nc21. The minimum absolute atomic E-state index is 0.0167. The maximum Gasteiger partial charge on any atom is 0.330 e. The molecule has 5 heteroatoms. The Balaban J connectivity index is 1.84. The van der Waals surface area contributed by atoms with Gasteiger partial charge in [-0.3, -0.25) is 9.13 Å². The molecule has 0 bridgehead atoms. The highest BCUT2D eigenvalue weighted by Gasteiger charge is 2.19. The van der Waals surface area contributed by atoms with Crippen molar-refractivity contribution >= 4 is 11.2 Å². The van der Waals surface area contributed by atoms with Gasteiger partial charge in [0.05, 0.1) is 17.8 Å². The zero-order valence-corrected chi connectivity index (χ0v) is 15.2. The van der Waals surface area contributed by atoms with Gasteiger partial charge in [-0.1, -0.05) is 20.8 Å². The van der Waals surface area contributed by atoms with Crippen molar-refractivity contribution in [1.29, 1.82) is 0 Å². The molecule has 0 spiro atoms. The lowest BCUT2D eigenvalue weighted by Crippen LogP contribution is -2.27. The molecule has 0 N–H and O–H groups in total. The van der Waals surface area contributed by atoms with Crippen LogP contribution >= 0.6 is 0 Å². The van der Waals surface area contributed by atoms with Crippen molar-refractivity contribution in [2.75, 3.05) is 6.61 Å². The lowest BCUT2D eigenvalue weighted by atomic mass is 9.97. The number of pyridine rings is 1. The van der Waals surface area contributed by atoms with Gasteiger partial charge in [0.15, 0.2) is 5.65 Å². The average Bonchev–Trinajstić information content (AvgIpc) is 3.12. The van der Waals surface area contributed by atoms with Crippen LogP contribution in [0.2, 0.25) is 0 Å². The number of nitrogens with zero attached hydrogens (tertiary/aromatic N) is 3. The highest BCUT2D eigenvalue weighted by molar-refractivity contribution is 5.76. The van der Waals surface area contributed by atoms with Gasteiger partial charge in [0.2, 0.25) is 0 Å². The summed E-state index contributed by atoms with van der Waals surface area (Å²) in [5.41, 5.74) is 4.78. The molecule has 130 valence electrons. The molecule has 5 nitrogen and oxygen atoms in total. The number of ether oxygens (including phenoxy) is 1. The molecule has 1 aliphatic heterocycles. The van der Waals surface area contributed by atoms with E-state index < -0.39 is 0 Å². The fourth-order valence-corrected chi connectivity index (χ4v) is 3.41. The summed E-state index contributed by atoms with van der Waals surface area (Å²) in [6, 6.07) is 10.2. The van der Waals surface area contributed by atoms with Crippen molar-refractivity contribution in [3.05, 3.63) is 46.4 Å². The molecular formula is C20H23N3O2. The van der Waals surface area contributed by atoms with Crippen molar-refractivity contribution in [2.24, 2.45) is 12.5 Å². The van der Waals surface area contributed by atoms with Crippen LogP contribution in [0.1, 0.15) is 26.3 Å². The van der Waals surface area contributed by atoms with Crippen LogP contribution in [0.25, 0.3) is 22.4 Å². The molecule has 0 aliphatic carbocycles.